The second-order valence-corrected chi connectivity index (χ2v) is 9.13. The van der Waals surface area contributed by atoms with Crippen LogP contribution in [0.2, 0.25) is 0 Å². The summed E-state index contributed by atoms with van der Waals surface area (Å²) >= 11 is 0. The van der Waals surface area contributed by atoms with E-state index in [1.165, 1.54) is 13.2 Å². The van der Waals surface area contributed by atoms with E-state index >= 15 is 0 Å². The number of rotatable bonds is 21. The predicted molar refractivity (Wildman–Crippen MR) is 143 cm³/mol. The van der Waals surface area contributed by atoms with Gasteiger partial charge >= 0.3 is 0 Å². The molecule has 0 heterocycles. The second-order valence-electron chi connectivity index (χ2n) is 9.13. The number of carbonyl (C=O) groups excluding carboxylic acids is 6. The molecule has 0 aromatic heterocycles. The number of ketones is 2. The number of Topliss-reactive ketones (excluding diaryl/α,β-unsaturated/α-hetero) is 2. The molecule has 0 saturated heterocycles. The molecule has 11 heteroatoms. The molecule has 38 heavy (non-hydrogen) atoms. The Labute approximate surface area is 281 Å². The van der Waals surface area contributed by atoms with Gasteiger partial charge in [-0.2, -0.15) is 13.3 Å². The molecule has 0 rings (SSSR count). The van der Waals surface area contributed by atoms with E-state index in [0.29, 0.717) is 50.5 Å². The van der Waals surface area contributed by atoms with E-state index in [1.54, 1.807) is 6.29 Å². The first kappa shape index (κ1) is 47.9. The maximum Gasteiger partial charge on any atom is 0.146 e. The fourth-order valence-electron chi connectivity index (χ4n) is 3.39. The number of unbranched alkanes of at least 4 members (excludes halogenated alkanes) is 2. The Morgan fingerprint density at radius 1 is 0.763 bits per heavy atom. The maximum atomic E-state index is 11.6. The largest absolute Gasteiger partial charge is 0.542 e. The summed E-state index contributed by atoms with van der Waals surface area (Å²) in [6.07, 6.45) is 12.3. The summed E-state index contributed by atoms with van der Waals surface area (Å²) in [5.74, 6) is 0.882. The van der Waals surface area contributed by atoms with Crippen molar-refractivity contribution in [2.75, 3.05) is 54.4 Å². The van der Waals surface area contributed by atoms with Crippen molar-refractivity contribution in [3.05, 3.63) is 0 Å². The maximum absolute atomic E-state index is 11.6. The van der Waals surface area contributed by atoms with Gasteiger partial charge in [-0.1, -0.05) is 19.8 Å². The molecule has 0 spiro atoms. The molecule has 2 radical (unpaired) electrons. The van der Waals surface area contributed by atoms with Crippen LogP contribution in [0.3, 0.4) is 0 Å². The summed E-state index contributed by atoms with van der Waals surface area (Å²) < 4.78 is 0. The van der Waals surface area contributed by atoms with Gasteiger partial charge in [-0.15, -0.1) is 12.8 Å². The van der Waals surface area contributed by atoms with Crippen LogP contribution in [0.5, 0.6) is 0 Å². The van der Waals surface area contributed by atoms with Gasteiger partial charge in [-0.3, -0.25) is 34.7 Å². The van der Waals surface area contributed by atoms with Crippen molar-refractivity contribution < 1.29 is 94.2 Å². The first-order valence-electron chi connectivity index (χ1n) is 12.5. The Morgan fingerprint density at radius 2 is 1.26 bits per heavy atom. The van der Waals surface area contributed by atoms with Crippen LogP contribution >= 0.6 is 0 Å². The van der Waals surface area contributed by atoms with Gasteiger partial charge in [0.15, 0.2) is 0 Å². The van der Waals surface area contributed by atoms with Gasteiger partial charge in [-0.05, 0) is 59.5 Å². The molecule has 0 aliphatic heterocycles. The molecule has 1 N–H and O–H groups in total. The third-order valence-corrected chi connectivity index (χ3v) is 4.94. The summed E-state index contributed by atoms with van der Waals surface area (Å²) in [4.78, 5) is 66.2. The van der Waals surface area contributed by atoms with Gasteiger partial charge in [0.1, 0.15) is 11.6 Å². The minimum atomic E-state index is 0. The van der Waals surface area contributed by atoms with Crippen molar-refractivity contribution in [2.24, 2.45) is 11.8 Å². The molecule has 0 aliphatic rings. The monoisotopic (exact) mass is 687 g/mol. The van der Waals surface area contributed by atoms with Crippen molar-refractivity contribution in [2.45, 2.75) is 71.6 Å². The first-order chi connectivity index (χ1) is 17.1. The quantitative estimate of drug-likeness (QED) is 0.143. The number of hydrogen-bond donors (Lipinski definition) is 1. The van der Waals surface area contributed by atoms with Crippen LogP contribution in [0.15, 0.2) is 0 Å². The smallest absolute Gasteiger partial charge is 0.146 e. The van der Waals surface area contributed by atoms with Gasteiger partial charge in [-0.25, -0.2) is 0 Å². The van der Waals surface area contributed by atoms with Crippen LogP contribution in [-0.2, 0) is 94.2 Å². The molecule has 0 saturated carbocycles. The van der Waals surface area contributed by atoms with Crippen LogP contribution in [0, 0.1) is 11.8 Å². The topological polar surface area (TPSA) is 121 Å². The predicted octanol–water partition coefficient (Wildman–Crippen LogP) is 2.03. The molecule has 9 nitrogen and oxygen atoms in total. The van der Waals surface area contributed by atoms with Crippen molar-refractivity contribution >= 4 is 36.7 Å². The van der Waals surface area contributed by atoms with E-state index in [4.69, 9.17) is 4.79 Å². The van der Waals surface area contributed by atoms with Gasteiger partial charge in [0.25, 0.3) is 0 Å². The normalized spacial score (nSPS) is 11.3. The van der Waals surface area contributed by atoms with Crippen LogP contribution in [-0.4, -0.2) is 101 Å². The standard InChI is InChI=1S/C13H24NO2.C12H20N2O3.C2H3O.2Y/c1-4-12(11-14(2)3)10-13(16)8-6-5-7-9-15;1-14(2)10-11(4-7-16)8-12(17)9-13-5-3-6-15;1-2-3;;/h12H,4-8,10-11H2,1-3H3;11,13H,3-5,8-10H2,1-2H3;1H3;;/q-1;-2;-1;;. The minimum absolute atomic E-state index is 0. The zero-order valence-corrected chi connectivity index (χ0v) is 30.0. The van der Waals surface area contributed by atoms with Crippen LogP contribution < -0.4 is 5.32 Å². The summed E-state index contributed by atoms with van der Waals surface area (Å²) in [7, 11) is 7.88. The van der Waals surface area contributed by atoms with Crippen molar-refractivity contribution in [1.29, 1.82) is 0 Å². The SMILES string of the molecule is CCC(CC(=O)CCCC[C-]=O)CN(C)C.CN(C)CC(C[C-]=O)CC(=O)CNCC[C-]=O.C[C-]=O.[Y].[Y]. The van der Waals surface area contributed by atoms with E-state index < -0.39 is 0 Å². The number of nitrogens with one attached hydrogen (secondary N) is 1. The summed E-state index contributed by atoms with van der Waals surface area (Å²) in [6.45, 7) is 5.83. The Kier molecular flexibility index (Phi) is 46.7. The van der Waals surface area contributed by atoms with Crippen molar-refractivity contribution in [3.8, 4) is 0 Å². The minimum Gasteiger partial charge on any atom is -0.542 e. The molecule has 0 bridgehead atoms. The molecule has 0 amide bonds. The molecule has 216 valence electrons. The van der Waals surface area contributed by atoms with Crippen LogP contribution in [0.25, 0.3) is 0 Å². The molecule has 0 aliphatic carbocycles. The van der Waals surface area contributed by atoms with E-state index in [9.17, 15) is 24.0 Å². The molecule has 0 fully saturated rings. The molecular formula is C27H47N3O6Y2-4. The summed E-state index contributed by atoms with van der Waals surface area (Å²) in [5, 5.41) is 2.86. The fourth-order valence-corrected chi connectivity index (χ4v) is 3.39. The molecular weight excluding hydrogens is 640 g/mol. The average Bonchev–Trinajstić information content (AvgIpc) is 2.79. The van der Waals surface area contributed by atoms with E-state index in [0.717, 1.165) is 25.8 Å². The van der Waals surface area contributed by atoms with Crippen molar-refractivity contribution in [1.82, 2.24) is 15.1 Å². The van der Waals surface area contributed by atoms with Gasteiger partial charge in [0.05, 0.1) is 6.54 Å². The zero-order chi connectivity index (χ0) is 28.2. The summed E-state index contributed by atoms with van der Waals surface area (Å²) in [5.41, 5.74) is 0. The Morgan fingerprint density at radius 3 is 1.71 bits per heavy atom. The molecule has 0 aromatic carbocycles. The van der Waals surface area contributed by atoms with E-state index in [2.05, 4.69) is 17.1 Å². The Balaban J connectivity index is -0.000000165. The average molecular weight is 688 g/mol. The number of hydrogen-bond acceptors (Lipinski definition) is 9. The first-order valence-corrected chi connectivity index (χ1v) is 12.5. The molecule has 0 aromatic rings. The Hall–Kier alpha value is 0.108. The number of nitrogens with zero attached hydrogens (tertiary/aromatic N) is 2. The van der Waals surface area contributed by atoms with Crippen LogP contribution in [0.1, 0.15) is 71.6 Å². The van der Waals surface area contributed by atoms with Gasteiger partial charge < -0.3 is 34.3 Å². The fraction of sp³-hybridized carbons (Fsp3) is 0.778. The summed E-state index contributed by atoms with van der Waals surface area (Å²) in [6, 6.07) is 0. The molecule has 2 atom stereocenters. The second kappa shape index (κ2) is 37.1. The molecule has 2 unspecified atom stereocenters. The Bertz CT molecular complexity index is 593. The van der Waals surface area contributed by atoms with Gasteiger partial charge in [0, 0.05) is 91.2 Å². The third-order valence-electron chi connectivity index (χ3n) is 4.94. The number of carbonyl (C=O) groups is 2. The van der Waals surface area contributed by atoms with E-state index in [-0.39, 0.29) is 96.5 Å². The third kappa shape index (κ3) is 40.6. The van der Waals surface area contributed by atoms with Crippen LogP contribution in [0.4, 0.5) is 0 Å². The van der Waals surface area contributed by atoms with Crippen molar-refractivity contribution in [3.63, 3.8) is 0 Å². The zero-order valence-electron chi connectivity index (χ0n) is 24.3. The van der Waals surface area contributed by atoms with Gasteiger partial charge in [0.2, 0.25) is 0 Å². The van der Waals surface area contributed by atoms with E-state index in [1.807, 2.05) is 45.7 Å².